The number of thiazole rings is 1. The average Bonchev–Trinajstić information content (AvgIpc) is 3.31. The Morgan fingerprint density at radius 2 is 1.97 bits per heavy atom. The zero-order chi connectivity index (χ0) is 21.3. The van der Waals surface area contributed by atoms with Gasteiger partial charge in [-0.25, -0.2) is 9.67 Å². The molecule has 9 nitrogen and oxygen atoms in total. The lowest BCUT2D eigenvalue weighted by Crippen LogP contribution is -2.47. The van der Waals surface area contributed by atoms with Crippen LogP contribution in [0.25, 0.3) is 11.5 Å². The van der Waals surface area contributed by atoms with E-state index in [9.17, 15) is 14.4 Å². The minimum atomic E-state index is -1.31. The van der Waals surface area contributed by atoms with Crippen LogP contribution in [0.3, 0.4) is 0 Å². The van der Waals surface area contributed by atoms with E-state index < -0.39 is 17.0 Å². The maximum Gasteiger partial charge on any atom is 0.267 e. The summed E-state index contributed by atoms with van der Waals surface area (Å²) in [5.41, 5.74) is -0.791. The molecule has 3 heterocycles. The summed E-state index contributed by atoms with van der Waals surface area (Å²) in [6.45, 7) is 4.86. The topological polar surface area (TPSA) is 110 Å². The van der Waals surface area contributed by atoms with Gasteiger partial charge in [0.25, 0.3) is 17.4 Å². The van der Waals surface area contributed by atoms with E-state index in [4.69, 9.17) is 4.42 Å². The Kier molecular flexibility index (Phi) is 5.38. The number of carbonyl (C=O) groups excluding carboxylic acids is 2. The molecule has 0 radical (unpaired) electrons. The highest BCUT2D eigenvalue weighted by Gasteiger charge is 2.33. The molecule has 152 valence electrons. The zero-order valence-electron chi connectivity index (χ0n) is 16.7. The van der Waals surface area contributed by atoms with E-state index in [0.29, 0.717) is 22.0 Å². The molecule has 3 aromatic rings. The molecule has 3 rings (SSSR count). The SMILES string of the molecule is Cc1nc(NC(=O)C(C)(C)n2nc(-c3ccco3)ccc2=O)sc1C(=O)N(C)C. The van der Waals surface area contributed by atoms with Crippen LogP contribution in [0.4, 0.5) is 5.13 Å². The van der Waals surface area contributed by atoms with Gasteiger partial charge in [0.05, 0.1) is 12.0 Å². The highest BCUT2D eigenvalue weighted by molar-refractivity contribution is 7.17. The van der Waals surface area contributed by atoms with Gasteiger partial charge in [0.2, 0.25) is 0 Å². The lowest BCUT2D eigenvalue weighted by Gasteiger charge is -2.24. The quantitative estimate of drug-likeness (QED) is 0.685. The summed E-state index contributed by atoms with van der Waals surface area (Å²) >= 11 is 1.08. The molecule has 0 aliphatic carbocycles. The van der Waals surface area contributed by atoms with Crippen molar-refractivity contribution in [1.82, 2.24) is 19.7 Å². The number of hydrogen-bond acceptors (Lipinski definition) is 7. The Bertz CT molecular complexity index is 1110. The van der Waals surface area contributed by atoms with E-state index in [-0.39, 0.29) is 11.0 Å². The van der Waals surface area contributed by atoms with Crippen molar-refractivity contribution < 1.29 is 14.0 Å². The Morgan fingerprint density at radius 3 is 2.59 bits per heavy atom. The summed E-state index contributed by atoms with van der Waals surface area (Å²) < 4.78 is 6.42. The second kappa shape index (κ2) is 7.63. The number of anilines is 1. The number of furan rings is 1. The zero-order valence-corrected chi connectivity index (χ0v) is 17.5. The fourth-order valence-electron chi connectivity index (χ4n) is 2.57. The van der Waals surface area contributed by atoms with Crippen molar-refractivity contribution in [2.75, 3.05) is 19.4 Å². The first-order valence-corrected chi connectivity index (χ1v) is 9.58. The fourth-order valence-corrected chi connectivity index (χ4v) is 3.55. The van der Waals surface area contributed by atoms with Crippen LogP contribution in [-0.2, 0) is 10.3 Å². The molecule has 0 aliphatic rings. The van der Waals surface area contributed by atoms with Gasteiger partial charge in [-0.1, -0.05) is 11.3 Å². The van der Waals surface area contributed by atoms with Crippen LogP contribution in [0.1, 0.15) is 29.2 Å². The van der Waals surface area contributed by atoms with Gasteiger partial charge >= 0.3 is 0 Å². The van der Waals surface area contributed by atoms with Crippen molar-refractivity contribution in [1.29, 1.82) is 0 Å². The van der Waals surface area contributed by atoms with Crippen LogP contribution < -0.4 is 10.9 Å². The molecular weight excluding hydrogens is 394 g/mol. The number of rotatable bonds is 5. The predicted molar refractivity (Wildman–Crippen MR) is 109 cm³/mol. The summed E-state index contributed by atoms with van der Waals surface area (Å²) in [6, 6.07) is 6.30. The summed E-state index contributed by atoms with van der Waals surface area (Å²) in [4.78, 5) is 43.7. The summed E-state index contributed by atoms with van der Waals surface area (Å²) in [5, 5.41) is 7.27. The van der Waals surface area contributed by atoms with Crippen molar-refractivity contribution in [2.24, 2.45) is 0 Å². The number of aryl methyl sites for hydroxylation is 1. The van der Waals surface area contributed by atoms with Gasteiger partial charge in [-0.15, -0.1) is 0 Å². The van der Waals surface area contributed by atoms with E-state index in [0.717, 1.165) is 16.0 Å². The number of hydrogen-bond donors (Lipinski definition) is 1. The van der Waals surface area contributed by atoms with E-state index in [2.05, 4.69) is 15.4 Å². The minimum absolute atomic E-state index is 0.191. The molecule has 0 aromatic carbocycles. The van der Waals surface area contributed by atoms with Gasteiger partial charge in [-0.3, -0.25) is 19.7 Å². The van der Waals surface area contributed by atoms with Crippen LogP contribution in [-0.4, -0.2) is 45.6 Å². The first-order chi connectivity index (χ1) is 13.6. The minimum Gasteiger partial charge on any atom is -0.463 e. The number of nitrogens with one attached hydrogen (secondary N) is 1. The first kappa shape index (κ1) is 20.5. The smallest absolute Gasteiger partial charge is 0.267 e. The number of aromatic nitrogens is 3. The highest BCUT2D eigenvalue weighted by atomic mass is 32.1. The molecule has 0 unspecified atom stereocenters. The maximum absolute atomic E-state index is 12.9. The number of amides is 2. The summed E-state index contributed by atoms with van der Waals surface area (Å²) in [6.07, 6.45) is 1.50. The Hall–Kier alpha value is -3.27. The van der Waals surface area contributed by atoms with Crippen molar-refractivity contribution in [2.45, 2.75) is 26.3 Å². The van der Waals surface area contributed by atoms with Crippen LogP contribution in [0.15, 0.2) is 39.7 Å². The van der Waals surface area contributed by atoms with Crippen LogP contribution >= 0.6 is 11.3 Å². The average molecular weight is 415 g/mol. The van der Waals surface area contributed by atoms with Crippen molar-refractivity contribution >= 4 is 28.3 Å². The number of carbonyl (C=O) groups is 2. The van der Waals surface area contributed by atoms with Crippen LogP contribution in [0.5, 0.6) is 0 Å². The second-order valence-corrected chi connectivity index (χ2v) is 8.09. The lowest BCUT2D eigenvalue weighted by atomic mass is 10.1. The van der Waals surface area contributed by atoms with Crippen LogP contribution in [0, 0.1) is 6.92 Å². The van der Waals surface area contributed by atoms with E-state index in [1.165, 1.54) is 23.3 Å². The normalized spacial score (nSPS) is 11.3. The molecule has 0 aliphatic heterocycles. The number of nitrogens with zero attached hydrogens (tertiary/aromatic N) is 4. The Morgan fingerprint density at radius 1 is 1.24 bits per heavy atom. The lowest BCUT2D eigenvalue weighted by molar-refractivity contribution is -0.123. The monoisotopic (exact) mass is 415 g/mol. The molecule has 1 N–H and O–H groups in total. The second-order valence-electron chi connectivity index (χ2n) is 7.09. The Balaban J connectivity index is 1.90. The molecule has 0 bridgehead atoms. The molecule has 0 atom stereocenters. The van der Waals surface area contributed by atoms with E-state index in [1.54, 1.807) is 47.0 Å². The van der Waals surface area contributed by atoms with E-state index in [1.807, 2.05) is 0 Å². The standard InChI is InChI=1S/C19H21N5O4S/c1-11-15(16(26)23(4)5)29-18(20-11)21-17(27)19(2,3)24-14(25)9-8-12(22-24)13-7-6-10-28-13/h6-10H,1-5H3,(H,20,21,27). The molecule has 29 heavy (non-hydrogen) atoms. The molecular formula is C19H21N5O4S. The third-order valence-electron chi connectivity index (χ3n) is 4.28. The molecule has 0 fully saturated rings. The molecule has 3 aromatic heterocycles. The van der Waals surface area contributed by atoms with Gasteiger partial charge in [-0.2, -0.15) is 5.10 Å². The van der Waals surface area contributed by atoms with Gasteiger partial charge in [0.1, 0.15) is 16.1 Å². The highest BCUT2D eigenvalue weighted by Crippen LogP contribution is 2.25. The van der Waals surface area contributed by atoms with E-state index >= 15 is 0 Å². The molecule has 0 saturated carbocycles. The summed E-state index contributed by atoms with van der Waals surface area (Å²) in [5.74, 6) is -0.192. The summed E-state index contributed by atoms with van der Waals surface area (Å²) in [7, 11) is 3.29. The third kappa shape index (κ3) is 3.97. The van der Waals surface area contributed by atoms with Gasteiger partial charge in [0, 0.05) is 20.2 Å². The Labute approximate surface area is 171 Å². The first-order valence-electron chi connectivity index (χ1n) is 8.76. The van der Waals surface area contributed by atoms with Gasteiger partial charge < -0.3 is 9.32 Å². The predicted octanol–water partition coefficient (Wildman–Crippen LogP) is 2.34. The third-order valence-corrected chi connectivity index (χ3v) is 5.34. The fraction of sp³-hybridized carbons (Fsp3) is 0.316. The molecule has 2 amide bonds. The molecule has 0 spiro atoms. The van der Waals surface area contributed by atoms with Crippen molar-refractivity contribution in [3.8, 4) is 11.5 Å². The van der Waals surface area contributed by atoms with Crippen molar-refractivity contribution in [3.05, 3.63) is 51.5 Å². The van der Waals surface area contributed by atoms with Crippen molar-refractivity contribution in [3.63, 3.8) is 0 Å². The van der Waals surface area contributed by atoms with Gasteiger partial charge in [-0.05, 0) is 39.0 Å². The van der Waals surface area contributed by atoms with Gasteiger partial charge in [0.15, 0.2) is 10.9 Å². The van der Waals surface area contributed by atoms with Crippen LogP contribution in [0.2, 0.25) is 0 Å². The molecule has 0 saturated heterocycles. The molecule has 10 heteroatoms. The maximum atomic E-state index is 12.9. The largest absolute Gasteiger partial charge is 0.463 e.